The summed E-state index contributed by atoms with van der Waals surface area (Å²) in [4.78, 5) is 43.9. The van der Waals surface area contributed by atoms with Crippen molar-refractivity contribution in [2.24, 2.45) is 5.10 Å². The molecule has 2 N–H and O–H groups in total. The van der Waals surface area contributed by atoms with Crippen LogP contribution in [0.25, 0.3) is 0 Å². The van der Waals surface area contributed by atoms with Gasteiger partial charge in [0.1, 0.15) is 11.1 Å². The van der Waals surface area contributed by atoms with Gasteiger partial charge in [-0.2, -0.15) is 10.1 Å². The van der Waals surface area contributed by atoms with Crippen LogP contribution in [-0.2, 0) is 9.59 Å². The van der Waals surface area contributed by atoms with Gasteiger partial charge in [-0.3, -0.25) is 14.5 Å². The third-order valence-corrected chi connectivity index (χ3v) is 10.2. The summed E-state index contributed by atoms with van der Waals surface area (Å²) in [5.74, 6) is -0.209. The van der Waals surface area contributed by atoms with E-state index >= 15 is 0 Å². The van der Waals surface area contributed by atoms with Crippen LogP contribution in [0.3, 0.4) is 0 Å². The maximum atomic E-state index is 13.8. The first-order chi connectivity index (χ1) is 22.5. The molecule has 0 saturated heterocycles. The second-order valence-electron chi connectivity index (χ2n) is 10.8. The van der Waals surface area contributed by atoms with Crippen molar-refractivity contribution in [3.8, 4) is 0 Å². The Labute approximate surface area is 275 Å². The first-order valence-electron chi connectivity index (χ1n) is 14.8. The summed E-state index contributed by atoms with van der Waals surface area (Å²) in [6.45, 7) is 0. The molecule has 2 aliphatic heterocycles. The lowest BCUT2D eigenvalue weighted by Crippen LogP contribution is -2.49. The van der Waals surface area contributed by atoms with Crippen LogP contribution < -0.4 is 20.5 Å². The van der Waals surface area contributed by atoms with Gasteiger partial charge in [-0.25, -0.2) is 4.79 Å². The molecule has 0 aromatic heterocycles. The van der Waals surface area contributed by atoms with Crippen LogP contribution in [0.2, 0.25) is 0 Å². The fraction of sp³-hybridized carbons (Fsp3) is 0.111. The van der Waals surface area contributed by atoms with E-state index in [4.69, 9.17) is 0 Å². The minimum absolute atomic E-state index is 0.000701. The number of thioether (sulfide) groups is 2. The number of fused-ring (bicyclic) bond motifs is 2. The number of hydrogen-bond donors (Lipinski definition) is 2. The molecule has 2 heterocycles. The molecule has 3 atom stereocenters. The highest BCUT2D eigenvalue weighted by Gasteiger charge is 2.37. The number of benzene rings is 4. The van der Waals surface area contributed by atoms with E-state index in [0.717, 1.165) is 21.0 Å². The van der Waals surface area contributed by atoms with Crippen molar-refractivity contribution in [1.82, 2.24) is 5.32 Å². The summed E-state index contributed by atoms with van der Waals surface area (Å²) in [6.07, 6.45) is 8.19. The van der Waals surface area contributed by atoms with Crippen molar-refractivity contribution >= 4 is 64.3 Å². The van der Waals surface area contributed by atoms with Crippen LogP contribution in [0.1, 0.15) is 17.2 Å². The zero-order chi connectivity index (χ0) is 31.5. The molecule has 7 rings (SSSR count). The molecular weight excluding hydrogens is 615 g/mol. The summed E-state index contributed by atoms with van der Waals surface area (Å²) in [6, 6.07) is 33.7. The molecule has 3 aliphatic rings. The van der Waals surface area contributed by atoms with Gasteiger partial charge >= 0.3 is 6.03 Å². The molecule has 4 aromatic carbocycles. The Kier molecular flexibility index (Phi) is 8.45. The second kappa shape index (κ2) is 13.1. The average molecular weight is 644 g/mol. The standard InChI is InChI=1S/C36H29N5O3S2/c42-33-23-32(39-41(33)26-15-5-2-6-16-26)38-35(43)34(24-12-3-1-4-13-24)45-27-17-11-14-25(22-27)37-36(44)40-28-18-7-9-20-30(28)46-31-21-10-8-19-29(31)40/h1-22,28,30,34H,23H2,(H,37,44)(H,38,39,43). The highest BCUT2D eigenvalue weighted by molar-refractivity contribution is 8.00. The van der Waals surface area contributed by atoms with Crippen molar-refractivity contribution in [3.05, 3.63) is 139 Å². The molecule has 0 fully saturated rings. The van der Waals surface area contributed by atoms with E-state index in [-0.39, 0.29) is 35.6 Å². The SMILES string of the molecule is O=C(NC1=NN(c2ccccc2)C(=O)C1)C(Sc1cccc(NC(=O)N2c3ccccc3SC3C=CC=CC32)c1)c1ccccc1. The maximum Gasteiger partial charge on any atom is 0.326 e. The zero-order valence-corrected chi connectivity index (χ0v) is 26.2. The number of rotatable bonds is 6. The summed E-state index contributed by atoms with van der Waals surface area (Å²) in [7, 11) is 0. The zero-order valence-electron chi connectivity index (χ0n) is 24.5. The molecule has 4 amide bonds. The molecule has 228 valence electrons. The highest BCUT2D eigenvalue weighted by atomic mass is 32.2. The molecule has 0 saturated carbocycles. The first-order valence-corrected chi connectivity index (χ1v) is 16.6. The van der Waals surface area contributed by atoms with E-state index in [9.17, 15) is 14.4 Å². The number of nitrogens with one attached hydrogen (secondary N) is 2. The number of para-hydroxylation sites is 2. The van der Waals surface area contributed by atoms with Gasteiger partial charge in [0.25, 0.3) is 5.91 Å². The van der Waals surface area contributed by atoms with E-state index in [2.05, 4.69) is 27.9 Å². The number of hydrogen-bond acceptors (Lipinski definition) is 6. The Morgan fingerprint density at radius 1 is 0.848 bits per heavy atom. The number of anilines is 3. The number of nitrogens with zero attached hydrogens (tertiary/aromatic N) is 3. The molecule has 10 heteroatoms. The smallest absolute Gasteiger partial charge is 0.311 e. The highest BCUT2D eigenvalue weighted by Crippen LogP contribution is 2.44. The van der Waals surface area contributed by atoms with Crippen molar-refractivity contribution in [2.45, 2.75) is 32.8 Å². The second-order valence-corrected chi connectivity index (χ2v) is 13.2. The summed E-state index contributed by atoms with van der Waals surface area (Å²) >= 11 is 3.12. The summed E-state index contributed by atoms with van der Waals surface area (Å²) < 4.78 is 0. The minimum atomic E-state index is -0.637. The number of hydrazone groups is 1. The number of carbonyl (C=O) groups is 3. The molecule has 1 aliphatic carbocycles. The Morgan fingerprint density at radius 2 is 1.59 bits per heavy atom. The number of allylic oxidation sites excluding steroid dienone is 2. The van der Waals surface area contributed by atoms with Gasteiger partial charge in [-0.1, -0.05) is 91.0 Å². The van der Waals surface area contributed by atoms with Crippen LogP contribution in [0.5, 0.6) is 0 Å². The molecule has 46 heavy (non-hydrogen) atoms. The fourth-order valence-electron chi connectivity index (χ4n) is 5.57. The quantitative estimate of drug-likeness (QED) is 0.214. The van der Waals surface area contributed by atoms with Gasteiger partial charge in [-0.05, 0) is 48.0 Å². The molecule has 8 nitrogen and oxygen atoms in total. The largest absolute Gasteiger partial charge is 0.326 e. The predicted molar refractivity (Wildman–Crippen MR) is 185 cm³/mol. The molecule has 0 radical (unpaired) electrons. The topological polar surface area (TPSA) is 94.1 Å². The van der Waals surface area contributed by atoms with E-state index in [1.54, 1.807) is 23.9 Å². The third-order valence-electron chi connectivity index (χ3n) is 7.69. The Hall–Kier alpha value is -5.06. The van der Waals surface area contributed by atoms with Crippen LogP contribution in [0.4, 0.5) is 21.9 Å². The maximum absolute atomic E-state index is 13.8. The summed E-state index contributed by atoms with van der Waals surface area (Å²) in [5.41, 5.74) is 2.93. The Bertz CT molecular complexity index is 1880. The number of amidine groups is 1. The van der Waals surface area contributed by atoms with Crippen LogP contribution in [-0.4, -0.2) is 35.0 Å². The van der Waals surface area contributed by atoms with Gasteiger partial charge < -0.3 is 10.6 Å². The lowest BCUT2D eigenvalue weighted by Gasteiger charge is -2.40. The lowest BCUT2D eigenvalue weighted by atomic mass is 10.1. The van der Waals surface area contributed by atoms with Crippen molar-refractivity contribution in [2.75, 3.05) is 15.2 Å². The van der Waals surface area contributed by atoms with Gasteiger partial charge in [0.15, 0.2) is 0 Å². The van der Waals surface area contributed by atoms with Gasteiger partial charge in [0.2, 0.25) is 5.91 Å². The number of carbonyl (C=O) groups excluding carboxylic acids is 3. The van der Waals surface area contributed by atoms with Gasteiger partial charge in [0.05, 0.1) is 29.1 Å². The van der Waals surface area contributed by atoms with Gasteiger partial charge in [-0.15, -0.1) is 23.5 Å². The Balaban J connectivity index is 1.10. The van der Waals surface area contributed by atoms with E-state index in [1.165, 1.54) is 16.8 Å². The Morgan fingerprint density at radius 3 is 2.41 bits per heavy atom. The van der Waals surface area contributed by atoms with Crippen molar-refractivity contribution in [3.63, 3.8) is 0 Å². The van der Waals surface area contributed by atoms with Gasteiger partial charge in [0, 0.05) is 15.5 Å². The number of urea groups is 1. The van der Waals surface area contributed by atoms with E-state index in [1.807, 2.05) is 114 Å². The van der Waals surface area contributed by atoms with E-state index < -0.39 is 5.25 Å². The predicted octanol–water partition coefficient (Wildman–Crippen LogP) is 7.39. The normalized spacial score (nSPS) is 18.8. The fourth-order valence-corrected chi connectivity index (χ4v) is 7.91. The van der Waals surface area contributed by atoms with Crippen LogP contribution in [0.15, 0.2) is 148 Å². The molecule has 0 spiro atoms. The monoisotopic (exact) mass is 643 g/mol. The van der Waals surface area contributed by atoms with Crippen molar-refractivity contribution < 1.29 is 14.4 Å². The van der Waals surface area contributed by atoms with Crippen LogP contribution >= 0.6 is 23.5 Å². The molecule has 3 unspecified atom stereocenters. The lowest BCUT2D eigenvalue weighted by molar-refractivity contribution is -0.119. The molecule has 0 bridgehead atoms. The van der Waals surface area contributed by atoms with Crippen LogP contribution in [0, 0.1) is 0 Å². The average Bonchev–Trinajstić information content (AvgIpc) is 3.46. The number of amides is 4. The summed E-state index contributed by atoms with van der Waals surface area (Å²) in [5, 5.41) is 11.2. The first kappa shape index (κ1) is 29.6. The minimum Gasteiger partial charge on any atom is -0.311 e. The van der Waals surface area contributed by atoms with Crippen molar-refractivity contribution in [1.29, 1.82) is 0 Å². The van der Waals surface area contributed by atoms with E-state index in [0.29, 0.717) is 17.2 Å². The molecule has 4 aromatic rings. The molecular formula is C36H29N5O3S2. The third kappa shape index (κ3) is 6.22.